The highest BCUT2D eigenvalue weighted by molar-refractivity contribution is 6.02. The third kappa shape index (κ3) is 3.52. The van der Waals surface area contributed by atoms with Gasteiger partial charge in [0.2, 0.25) is 0 Å². The Kier molecular flexibility index (Phi) is 4.32. The van der Waals surface area contributed by atoms with Gasteiger partial charge in [0.1, 0.15) is 6.04 Å². The number of benzene rings is 1. The van der Waals surface area contributed by atoms with E-state index < -0.39 is 12.0 Å². The molecule has 0 unspecified atom stereocenters. The van der Waals surface area contributed by atoms with Gasteiger partial charge in [-0.05, 0) is 36.5 Å². The van der Waals surface area contributed by atoms with Crippen molar-refractivity contribution < 1.29 is 19.1 Å². The van der Waals surface area contributed by atoms with Crippen LogP contribution in [-0.2, 0) is 16.0 Å². The van der Waals surface area contributed by atoms with Gasteiger partial charge in [0.05, 0.1) is 7.11 Å². The summed E-state index contributed by atoms with van der Waals surface area (Å²) in [6, 6.07) is 4.45. The average molecular weight is 316 g/mol. The van der Waals surface area contributed by atoms with Gasteiger partial charge in [-0.25, -0.2) is 4.79 Å². The Morgan fingerprint density at radius 1 is 1.39 bits per heavy atom. The Balaban J connectivity index is 1.75. The van der Waals surface area contributed by atoms with Crippen molar-refractivity contribution in [2.24, 2.45) is 5.92 Å². The molecule has 1 aliphatic heterocycles. The zero-order valence-electron chi connectivity index (χ0n) is 13.1. The van der Waals surface area contributed by atoms with Crippen molar-refractivity contribution in [1.82, 2.24) is 10.6 Å². The van der Waals surface area contributed by atoms with Crippen molar-refractivity contribution in [2.45, 2.75) is 31.7 Å². The van der Waals surface area contributed by atoms with Gasteiger partial charge >= 0.3 is 5.97 Å². The van der Waals surface area contributed by atoms with E-state index in [-0.39, 0.29) is 11.8 Å². The summed E-state index contributed by atoms with van der Waals surface area (Å²) in [5, 5.41) is 5.49. The van der Waals surface area contributed by atoms with Crippen LogP contribution >= 0.6 is 0 Å². The molecule has 2 N–H and O–H groups in total. The zero-order valence-corrected chi connectivity index (χ0v) is 13.1. The van der Waals surface area contributed by atoms with E-state index in [1.165, 1.54) is 7.11 Å². The second kappa shape index (κ2) is 6.40. The first-order valence-corrected chi connectivity index (χ1v) is 7.88. The number of fused-ring (bicyclic) bond motifs is 1. The molecule has 1 aromatic rings. The second-order valence-electron chi connectivity index (χ2n) is 6.11. The molecule has 1 aromatic carbocycles. The fraction of sp³-hybridized carbons (Fsp3) is 0.471. The maximum Gasteiger partial charge on any atom is 0.328 e. The molecule has 0 saturated heterocycles. The molecule has 1 heterocycles. The third-order valence-corrected chi connectivity index (χ3v) is 4.35. The van der Waals surface area contributed by atoms with Gasteiger partial charge < -0.3 is 15.4 Å². The summed E-state index contributed by atoms with van der Waals surface area (Å²) in [5.74, 6) is -0.472. The number of nitrogens with one attached hydrogen (secondary N) is 2. The van der Waals surface area contributed by atoms with E-state index >= 15 is 0 Å². The quantitative estimate of drug-likeness (QED) is 0.795. The van der Waals surface area contributed by atoms with Gasteiger partial charge in [-0.1, -0.05) is 18.9 Å². The van der Waals surface area contributed by atoms with Gasteiger partial charge in [-0.3, -0.25) is 9.59 Å². The fourth-order valence-electron chi connectivity index (χ4n) is 2.84. The number of methoxy groups -OCH3 is 1. The van der Waals surface area contributed by atoms with Crippen LogP contribution in [0.15, 0.2) is 18.2 Å². The maximum atomic E-state index is 12.4. The molecule has 3 rings (SSSR count). The second-order valence-corrected chi connectivity index (χ2v) is 6.11. The number of carbonyl (C=O) groups is 3. The van der Waals surface area contributed by atoms with E-state index in [2.05, 4.69) is 10.6 Å². The van der Waals surface area contributed by atoms with E-state index in [1.807, 2.05) is 0 Å². The highest BCUT2D eigenvalue weighted by atomic mass is 16.5. The summed E-state index contributed by atoms with van der Waals surface area (Å²) in [6.07, 6.45) is 3.53. The van der Waals surface area contributed by atoms with E-state index in [4.69, 9.17) is 4.74 Å². The zero-order chi connectivity index (χ0) is 16.4. The predicted octanol–water partition coefficient (Wildman–Crippen LogP) is 1.04. The molecule has 23 heavy (non-hydrogen) atoms. The van der Waals surface area contributed by atoms with Gasteiger partial charge in [0.15, 0.2) is 0 Å². The van der Waals surface area contributed by atoms with Crippen molar-refractivity contribution in [1.29, 1.82) is 0 Å². The van der Waals surface area contributed by atoms with Crippen molar-refractivity contribution in [3.8, 4) is 0 Å². The largest absolute Gasteiger partial charge is 0.467 e. The summed E-state index contributed by atoms with van der Waals surface area (Å²) < 4.78 is 4.77. The van der Waals surface area contributed by atoms with Crippen molar-refractivity contribution in [2.75, 3.05) is 13.7 Å². The smallest absolute Gasteiger partial charge is 0.328 e. The number of esters is 1. The van der Waals surface area contributed by atoms with E-state index in [9.17, 15) is 14.4 Å². The molecule has 122 valence electrons. The van der Waals surface area contributed by atoms with Crippen LogP contribution in [0.25, 0.3) is 0 Å². The number of carbonyl (C=O) groups excluding carboxylic acids is 3. The molecule has 0 aromatic heterocycles. The lowest BCUT2D eigenvalue weighted by atomic mass is 9.97. The van der Waals surface area contributed by atoms with Crippen LogP contribution < -0.4 is 10.6 Å². The first kappa shape index (κ1) is 15.5. The van der Waals surface area contributed by atoms with Crippen LogP contribution in [-0.4, -0.2) is 37.5 Å². The molecule has 6 nitrogen and oxygen atoms in total. The van der Waals surface area contributed by atoms with Crippen LogP contribution in [0.5, 0.6) is 0 Å². The Labute approximate surface area is 134 Å². The molecule has 0 radical (unpaired) electrons. The van der Waals surface area contributed by atoms with E-state index in [0.717, 1.165) is 24.8 Å². The first-order valence-electron chi connectivity index (χ1n) is 7.88. The Morgan fingerprint density at radius 3 is 2.87 bits per heavy atom. The van der Waals surface area contributed by atoms with Crippen molar-refractivity contribution in [3.05, 3.63) is 34.9 Å². The average Bonchev–Trinajstić information content (AvgIpc) is 3.37. The number of hydrogen-bond acceptors (Lipinski definition) is 4. The maximum absolute atomic E-state index is 12.4. The van der Waals surface area contributed by atoms with Crippen LogP contribution in [0.3, 0.4) is 0 Å². The molecule has 1 atom stereocenters. The Bertz CT molecular complexity index is 652. The van der Waals surface area contributed by atoms with Gasteiger partial charge in [-0.15, -0.1) is 0 Å². The lowest BCUT2D eigenvalue weighted by Gasteiger charge is -2.19. The molecule has 6 heteroatoms. The fourth-order valence-corrected chi connectivity index (χ4v) is 2.84. The summed E-state index contributed by atoms with van der Waals surface area (Å²) in [6.45, 7) is 0.614. The molecule has 1 fully saturated rings. The van der Waals surface area contributed by atoms with Gasteiger partial charge in [0.25, 0.3) is 11.8 Å². The monoisotopic (exact) mass is 316 g/mol. The van der Waals surface area contributed by atoms with Crippen LogP contribution in [0, 0.1) is 5.92 Å². The molecule has 0 bridgehead atoms. The summed E-state index contributed by atoms with van der Waals surface area (Å²) in [4.78, 5) is 36.1. The van der Waals surface area contributed by atoms with Crippen LogP contribution in [0.1, 0.15) is 45.5 Å². The molecule has 2 amide bonds. The number of ether oxygens (including phenoxy) is 1. The lowest BCUT2D eigenvalue weighted by Crippen LogP contribution is -2.42. The van der Waals surface area contributed by atoms with E-state index in [0.29, 0.717) is 30.0 Å². The highest BCUT2D eigenvalue weighted by Crippen LogP contribution is 2.33. The molecule has 1 aliphatic carbocycles. The third-order valence-electron chi connectivity index (χ3n) is 4.35. The van der Waals surface area contributed by atoms with Crippen LogP contribution in [0.4, 0.5) is 0 Å². The first-order chi connectivity index (χ1) is 11.1. The molecular formula is C17H20N2O4. The predicted molar refractivity (Wildman–Crippen MR) is 83.1 cm³/mol. The molecule has 0 spiro atoms. The minimum atomic E-state index is -0.634. The Hall–Kier alpha value is -2.37. The summed E-state index contributed by atoms with van der Waals surface area (Å²) in [7, 11) is 1.32. The highest BCUT2D eigenvalue weighted by Gasteiger charge is 2.31. The standard InChI is InChI=1S/C17H20N2O4/c1-23-17(22)14(8-10-2-3-10)19-15(20)12-5-4-11-6-7-18-16(21)13(11)9-12/h4-5,9-10,14H,2-3,6-8H2,1H3,(H,18,21)(H,19,20)/t14-/m1/s1. The molecular weight excluding hydrogens is 296 g/mol. The van der Waals surface area contributed by atoms with Crippen LogP contribution in [0.2, 0.25) is 0 Å². The normalized spacial score (nSPS) is 17.7. The summed E-state index contributed by atoms with van der Waals surface area (Å²) >= 11 is 0. The topological polar surface area (TPSA) is 84.5 Å². The van der Waals surface area contributed by atoms with Crippen molar-refractivity contribution >= 4 is 17.8 Å². The van der Waals surface area contributed by atoms with Gasteiger partial charge in [-0.2, -0.15) is 0 Å². The molecule has 2 aliphatic rings. The number of hydrogen-bond donors (Lipinski definition) is 2. The van der Waals surface area contributed by atoms with E-state index in [1.54, 1.807) is 18.2 Å². The minimum absolute atomic E-state index is 0.164. The number of amides is 2. The Morgan fingerprint density at radius 2 is 2.17 bits per heavy atom. The van der Waals surface area contributed by atoms with Gasteiger partial charge in [0, 0.05) is 17.7 Å². The molecule has 1 saturated carbocycles. The number of rotatable bonds is 5. The SMILES string of the molecule is COC(=O)[C@@H](CC1CC1)NC(=O)c1ccc2c(c1)C(=O)NCC2. The minimum Gasteiger partial charge on any atom is -0.467 e. The summed E-state index contributed by atoms with van der Waals surface area (Å²) in [5.41, 5.74) is 1.85. The lowest BCUT2D eigenvalue weighted by molar-refractivity contribution is -0.143. The van der Waals surface area contributed by atoms with Crippen molar-refractivity contribution in [3.63, 3.8) is 0 Å².